The molecule has 1 aliphatic heterocycles. The van der Waals surface area contributed by atoms with Gasteiger partial charge in [-0.15, -0.1) is 0 Å². The van der Waals surface area contributed by atoms with E-state index in [0.29, 0.717) is 5.84 Å². The minimum absolute atomic E-state index is 0.527. The average Bonchev–Trinajstić information content (AvgIpc) is 4.00. The van der Waals surface area contributed by atoms with Crippen LogP contribution >= 0.6 is 0 Å². The van der Waals surface area contributed by atoms with Crippen LogP contribution in [-0.2, 0) is 0 Å². The Hall–Kier alpha value is -8.66. The molecule has 12 aromatic rings. The molecule has 0 fully saturated rings. The zero-order chi connectivity index (χ0) is 44.0. The monoisotopic (exact) mass is 846 g/mol. The largest absolute Gasteiger partial charge is 0.344 e. The highest BCUT2D eigenvalue weighted by Gasteiger charge is 2.29. The summed E-state index contributed by atoms with van der Waals surface area (Å²) in [6, 6.07) is 74.2. The van der Waals surface area contributed by atoms with Crippen LogP contribution in [-0.4, -0.2) is 25.4 Å². The SMILES string of the molecule is Cc1ccc(-n2c3c#cccc3c3ccccc32)c(C2=NC(c3cc(C)ccc3-n3c4ccccc4c4ccccc43)=NC(c3ccc(C)cc3-n3c4ccccc4c4ccccc43)N2)c1. The molecular formula is C60H42N6. The van der Waals surface area contributed by atoms with Gasteiger partial charge in [-0.05, 0) is 105 Å². The molecule has 0 spiro atoms. The molecule has 0 aliphatic carbocycles. The van der Waals surface area contributed by atoms with Gasteiger partial charge in [0.1, 0.15) is 17.5 Å². The molecule has 312 valence electrons. The van der Waals surface area contributed by atoms with Crippen molar-refractivity contribution >= 4 is 77.1 Å². The standard InChI is InChI=1S/C60H42N6/c1-37-29-32-55(64-49-22-10-4-16-40(49)41-17-5-11-23-50(41)64)47(34-37)59-61-58(46-31-28-39(3)36-57(46)66-53-26-14-8-20-44(53)45-21-9-15-27-54(45)66)62-60(63-59)48-35-38(2)30-33-56(48)65-51-24-12-6-18-42(51)43-19-7-13-25-52(43)65/h4-12,14-24,26-36,58H,1-3H3,(H,61,62,63). The van der Waals surface area contributed by atoms with E-state index in [0.717, 1.165) is 100 Å². The summed E-state index contributed by atoms with van der Waals surface area (Å²) in [6.07, 6.45) is -0.527. The quantitative estimate of drug-likeness (QED) is 0.178. The Balaban J connectivity index is 1.10. The van der Waals surface area contributed by atoms with E-state index in [1.807, 2.05) is 6.07 Å². The predicted octanol–water partition coefficient (Wildman–Crippen LogP) is 14.0. The summed E-state index contributed by atoms with van der Waals surface area (Å²) in [5.74, 6) is 1.38. The van der Waals surface area contributed by atoms with Crippen LogP contribution in [0.5, 0.6) is 0 Å². The maximum absolute atomic E-state index is 5.72. The Morgan fingerprint density at radius 1 is 0.439 bits per heavy atom. The Labute approximate surface area is 382 Å². The van der Waals surface area contributed by atoms with E-state index in [4.69, 9.17) is 9.98 Å². The molecule has 0 bridgehead atoms. The van der Waals surface area contributed by atoms with Crippen molar-refractivity contribution < 1.29 is 0 Å². The molecule has 1 aliphatic rings. The first-order valence-corrected chi connectivity index (χ1v) is 22.5. The third kappa shape index (κ3) is 5.77. The highest BCUT2D eigenvalue weighted by Crippen LogP contribution is 2.39. The van der Waals surface area contributed by atoms with Crippen LogP contribution in [0.15, 0.2) is 198 Å². The predicted molar refractivity (Wildman–Crippen MR) is 273 cm³/mol. The number of nitrogens with zero attached hydrogens (tertiary/aromatic N) is 5. The lowest BCUT2D eigenvalue weighted by Crippen LogP contribution is -2.35. The molecule has 0 amide bonds. The Bertz CT molecular complexity index is 3860. The van der Waals surface area contributed by atoms with Crippen molar-refractivity contribution in [3.63, 3.8) is 0 Å². The maximum atomic E-state index is 5.72. The number of hydrogen-bond donors (Lipinski definition) is 1. The summed E-state index contributed by atoms with van der Waals surface area (Å²) < 4.78 is 7.10. The van der Waals surface area contributed by atoms with Crippen LogP contribution in [0.25, 0.3) is 82.5 Å². The Morgan fingerprint density at radius 3 is 1.47 bits per heavy atom. The number of aliphatic imine (C=N–C) groups is 2. The minimum Gasteiger partial charge on any atom is -0.344 e. The number of hydrogen-bond acceptors (Lipinski definition) is 3. The number of amidine groups is 2. The van der Waals surface area contributed by atoms with Gasteiger partial charge < -0.3 is 19.0 Å². The second-order valence-corrected chi connectivity index (χ2v) is 17.5. The van der Waals surface area contributed by atoms with Gasteiger partial charge in [-0.2, -0.15) is 0 Å². The number of rotatable bonds is 6. The third-order valence-electron chi connectivity index (χ3n) is 13.3. The lowest BCUT2D eigenvalue weighted by atomic mass is 10.0. The summed E-state index contributed by atoms with van der Waals surface area (Å²) in [4.78, 5) is 11.4. The molecule has 0 radical (unpaired) electrons. The van der Waals surface area contributed by atoms with Crippen molar-refractivity contribution in [2.45, 2.75) is 26.9 Å². The van der Waals surface area contributed by atoms with E-state index in [1.54, 1.807) is 0 Å². The first-order chi connectivity index (χ1) is 32.5. The van der Waals surface area contributed by atoms with Gasteiger partial charge in [0.05, 0.1) is 44.6 Å². The van der Waals surface area contributed by atoms with Gasteiger partial charge in [0.15, 0.2) is 5.84 Å². The molecule has 1 N–H and O–H groups in total. The molecule has 1 unspecified atom stereocenters. The second-order valence-electron chi connectivity index (χ2n) is 17.5. The first-order valence-electron chi connectivity index (χ1n) is 22.5. The summed E-state index contributed by atoms with van der Waals surface area (Å²) in [5, 5.41) is 11.1. The molecule has 6 heteroatoms. The van der Waals surface area contributed by atoms with Gasteiger partial charge in [-0.1, -0.05) is 132 Å². The van der Waals surface area contributed by atoms with Gasteiger partial charge in [0.25, 0.3) is 0 Å². The third-order valence-corrected chi connectivity index (χ3v) is 13.3. The van der Waals surface area contributed by atoms with Gasteiger partial charge in [0, 0.05) is 49.0 Å². The number of fused-ring (bicyclic) bond motifs is 9. The van der Waals surface area contributed by atoms with E-state index in [9.17, 15) is 0 Å². The van der Waals surface area contributed by atoms with Crippen LogP contribution in [0.1, 0.15) is 39.5 Å². The van der Waals surface area contributed by atoms with E-state index < -0.39 is 6.17 Å². The summed E-state index contributed by atoms with van der Waals surface area (Å²) in [6.45, 7) is 6.47. The van der Waals surface area contributed by atoms with Gasteiger partial charge >= 0.3 is 0 Å². The van der Waals surface area contributed by atoms with Gasteiger partial charge in [-0.3, -0.25) is 0 Å². The van der Waals surface area contributed by atoms with Crippen LogP contribution in [0, 0.1) is 32.9 Å². The smallest absolute Gasteiger partial charge is 0.161 e. The highest BCUT2D eigenvalue weighted by molar-refractivity contribution is 6.18. The first kappa shape index (κ1) is 37.9. The molecule has 9 aromatic carbocycles. The minimum atomic E-state index is -0.527. The molecule has 1 atom stereocenters. The van der Waals surface area contributed by atoms with Crippen LogP contribution < -0.4 is 5.32 Å². The normalized spacial score (nSPS) is 14.0. The molecule has 3 aromatic heterocycles. The fourth-order valence-electron chi connectivity index (χ4n) is 10.4. The zero-order valence-corrected chi connectivity index (χ0v) is 36.7. The molecule has 0 saturated heterocycles. The van der Waals surface area contributed by atoms with Crippen molar-refractivity contribution in [3.8, 4) is 17.1 Å². The van der Waals surface area contributed by atoms with Crippen LogP contribution in [0.2, 0.25) is 0 Å². The van der Waals surface area contributed by atoms with Crippen LogP contribution in [0.3, 0.4) is 0 Å². The Morgan fingerprint density at radius 2 is 0.894 bits per heavy atom. The van der Waals surface area contributed by atoms with Gasteiger partial charge in [0.2, 0.25) is 0 Å². The molecule has 13 rings (SSSR count). The lowest BCUT2D eigenvalue weighted by Gasteiger charge is -2.28. The fourth-order valence-corrected chi connectivity index (χ4v) is 10.4. The number of nitrogens with one attached hydrogen (secondary N) is 1. The van der Waals surface area contributed by atoms with Crippen molar-refractivity contribution in [2.75, 3.05) is 0 Å². The number of aromatic nitrogens is 3. The van der Waals surface area contributed by atoms with Crippen molar-refractivity contribution in [1.29, 1.82) is 0 Å². The molecule has 4 heterocycles. The number of para-hydroxylation sites is 5. The van der Waals surface area contributed by atoms with E-state index in [1.165, 1.54) is 21.5 Å². The summed E-state index contributed by atoms with van der Waals surface area (Å²) in [5.41, 5.74) is 16.0. The fraction of sp³-hybridized carbons (Fsp3) is 0.0667. The molecule has 66 heavy (non-hydrogen) atoms. The van der Waals surface area contributed by atoms with Crippen molar-refractivity contribution in [2.24, 2.45) is 9.98 Å². The van der Waals surface area contributed by atoms with Gasteiger partial charge in [-0.25, -0.2) is 9.98 Å². The molecule has 6 nitrogen and oxygen atoms in total. The summed E-state index contributed by atoms with van der Waals surface area (Å²) in [7, 11) is 0. The molecule has 0 saturated carbocycles. The maximum Gasteiger partial charge on any atom is 0.161 e. The Kier molecular flexibility index (Phi) is 8.43. The average molecular weight is 847 g/mol. The second kappa shape index (κ2) is 14.7. The van der Waals surface area contributed by atoms with E-state index >= 15 is 0 Å². The van der Waals surface area contributed by atoms with E-state index in [2.05, 4.69) is 234 Å². The molecular weight excluding hydrogens is 805 g/mol. The van der Waals surface area contributed by atoms with E-state index in [-0.39, 0.29) is 0 Å². The number of aryl methyl sites for hydroxylation is 3. The number of benzene rings is 8. The lowest BCUT2D eigenvalue weighted by molar-refractivity contribution is 0.670. The highest BCUT2D eigenvalue weighted by atomic mass is 15.2. The van der Waals surface area contributed by atoms with Crippen LogP contribution in [0.4, 0.5) is 0 Å². The van der Waals surface area contributed by atoms with Crippen molar-refractivity contribution in [1.82, 2.24) is 19.0 Å². The van der Waals surface area contributed by atoms with Crippen molar-refractivity contribution in [3.05, 3.63) is 234 Å². The zero-order valence-electron chi connectivity index (χ0n) is 36.7. The topological polar surface area (TPSA) is 51.5 Å². The summed E-state index contributed by atoms with van der Waals surface area (Å²) >= 11 is 0.